The van der Waals surface area contributed by atoms with Gasteiger partial charge in [-0.15, -0.1) is 6.58 Å². The van der Waals surface area contributed by atoms with Gasteiger partial charge in [-0.2, -0.15) is 0 Å². The van der Waals surface area contributed by atoms with Gasteiger partial charge in [-0.3, -0.25) is 0 Å². The van der Waals surface area contributed by atoms with Crippen molar-refractivity contribution in [3.8, 4) is 11.1 Å². The molecule has 0 fully saturated rings. The molecule has 0 atom stereocenters. The summed E-state index contributed by atoms with van der Waals surface area (Å²) in [6.45, 7) is 7.55. The molecule has 2 heteroatoms. The van der Waals surface area contributed by atoms with Gasteiger partial charge in [-0.1, -0.05) is 61.2 Å². The standard InChI is InChI=1S/C19H18O2/c1-3-9-17-16(15-10-6-5-7-11-15)12-8-13-18(17)19(20)21-14-4-2/h3-8,10-13H,1-2,9,14H2. The van der Waals surface area contributed by atoms with E-state index in [4.69, 9.17) is 4.74 Å². The van der Waals surface area contributed by atoms with Gasteiger partial charge in [0.2, 0.25) is 0 Å². The zero-order valence-electron chi connectivity index (χ0n) is 11.9. The number of rotatable bonds is 6. The molecule has 2 aromatic rings. The summed E-state index contributed by atoms with van der Waals surface area (Å²) in [5.74, 6) is -0.329. The highest BCUT2D eigenvalue weighted by molar-refractivity contribution is 5.93. The molecule has 0 saturated heterocycles. The van der Waals surface area contributed by atoms with Gasteiger partial charge in [0, 0.05) is 0 Å². The third-order valence-corrected chi connectivity index (χ3v) is 3.16. The summed E-state index contributed by atoms with van der Waals surface area (Å²) in [6, 6.07) is 15.7. The number of hydrogen-bond acceptors (Lipinski definition) is 2. The van der Waals surface area contributed by atoms with Crippen molar-refractivity contribution in [1.82, 2.24) is 0 Å². The van der Waals surface area contributed by atoms with E-state index in [2.05, 4.69) is 13.2 Å². The van der Waals surface area contributed by atoms with Gasteiger partial charge < -0.3 is 4.74 Å². The van der Waals surface area contributed by atoms with Gasteiger partial charge >= 0.3 is 5.97 Å². The molecule has 106 valence electrons. The minimum atomic E-state index is -0.329. The summed E-state index contributed by atoms with van der Waals surface area (Å²) < 4.78 is 5.16. The highest BCUT2D eigenvalue weighted by Gasteiger charge is 2.15. The van der Waals surface area contributed by atoms with Crippen LogP contribution in [-0.2, 0) is 11.2 Å². The third kappa shape index (κ3) is 3.48. The molecule has 0 aliphatic carbocycles. The molecule has 0 spiro atoms. The highest BCUT2D eigenvalue weighted by atomic mass is 16.5. The lowest BCUT2D eigenvalue weighted by Gasteiger charge is -2.13. The van der Waals surface area contributed by atoms with Gasteiger partial charge in [-0.25, -0.2) is 4.79 Å². The molecule has 2 nitrogen and oxygen atoms in total. The normalized spacial score (nSPS) is 9.90. The molecule has 0 N–H and O–H groups in total. The predicted molar refractivity (Wildman–Crippen MR) is 86.3 cm³/mol. The van der Waals surface area contributed by atoms with Crippen LogP contribution in [0.4, 0.5) is 0 Å². The minimum Gasteiger partial charge on any atom is -0.458 e. The molecule has 0 radical (unpaired) electrons. The first kappa shape index (κ1) is 14.8. The van der Waals surface area contributed by atoms with Gasteiger partial charge in [0.05, 0.1) is 5.56 Å². The molecule has 0 bridgehead atoms. The molecular formula is C19H18O2. The van der Waals surface area contributed by atoms with Crippen LogP contribution in [0.1, 0.15) is 15.9 Å². The highest BCUT2D eigenvalue weighted by Crippen LogP contribution is 2.27. The van der Waals surface area contributed by atoms with E-state index in [1.54, 1.807) is 18.2 Å². The second-order valence-corrected chi connectivity index (χ2v) is 4.58. The van der Waals surface area contributed by atoms with Crippen LogP contribution in [0.2, 0.25) is 0 Å². The molecule has 0 aliphatic heterocycles. The second kappa shape index (κ2) is 7.25. The summed E-state index contributed by atoms with van der Waals surface area (Å²) in [5.41, 5.74) is 3.63. The molecule has 2 rings (SSSR count). The predicted octanol–water partition coefficient (Wildman–Crippen LogP) is 4.42. The maximum absolute atomic E-state index is 12.2. The fraction of sp³-hybridized carbons (Fsp3) is 0.105. The minimum absolute atomic E-state index is 0.210. The van der Waals surface area contributed by atoms with Crippen molar-refractivity contribution in [3.05, 3.63) is 85.0 Å². The molecule has 21 heavy (non-hydrogen) atoms. The van der Waals surface area contributed by atoms with Crippen molar-refractivity contribution in [2.75, 3.05) is 6.61 Å². The number of hydrogen-bond donors (Lipinski definition) is 0. The monoisotopic (exact) mass is 278 g/mol. The van der Waals surface area contributed by atoms with Crippen molar-refractivity contribution in [2.45, 2.75) is 6.42 Å². The zero-order valence-corrected chi connectivity index (χ0v) is 11.9. The largest absolute Gasteiger partial charge is 0.458 e. The Labute approximate surface area is 125 Å². The lowest BCUT2D eigenvalue weighted by atomic mass is 9.93. The number of esters is 1. The van der Waals surface area contributed by atoms with E-state index in [-0.39, 0.29) is 12.6 Å². The number of carbonyl (C=O) groups excluding carboxylic acids is 1. The lowest BCUT2D eigenvalue weighted by Crippen LogP contribution is -2.09. The lowest BCUT2D eigenvalue weighted by molar-refractivity contribution is 0.0548. The van der Waals surface area contributed by atoms with Crippen LogP contribution in [0, 0.1) is 0 Å². The summed E-state index contributed by atoms with van der Waals surface area (Å²) in [7, 11) is 0. The molecule has 0 saturated carbocycles. The first-order valence-electron chi connectivity index (χ1n) is 6.84. The third-order valence-electron chi connectivity index (χ3n) is 3.16. The maximum atomic E-state index is 12.2. The summed E-state index contributed by atoms with van der Waals surface area (Å²) in [6.07, 6.45) is 3.97. The van der Waals surface area contributed by atoms with E-state index in [1.165, 1.54) is 0 Å². The van der Waals surface area contributed by atoms with Gasteiger partial charge in [-0.05, 0) is 29.2 Å². The topological polar surface area (TPSA) is 26.3 Å². The van der Waals surface area contributed by atoms with Crippen LogP contribution >= 0.6 is 0 Å². The van der Waals surface area contributed by atoms with Crippen LogP contribution in [0.15, 0.2) is 73.8 Å². The van der Waals surface area contributed by atoms with Crippen molar-refractivity contribution in [3.63, 3.8) is 0 Å². The van der Waals surface area contributed by atoms with E-state index in [1.807, 2.05) is 42.5 Å². The van der Waals surface area contributed by atoms with E-state index >= 15 is 0 Å². The van der Waals surface area contributed by atoms with Gasteiger partial charge in [0.15, 0.2) is 0 Å². The van der Waals surface area contributed by atoms with Gasteiger partial charge in [0.25, 0.3) is 0 Å². The summed E-state index contributed by atoms with van der Waals surface area (Å²) in [4.78, 5) is 12.2. The number of ether oxygens (including phenoxy) is 1. The zero-order chi connectivity index (χ0) is 15.1. The van der Waals surface area contributed by atoms with Crippen LogP contribution in [0.5, 0.6) is 0 Å². The first-order chi connectivity index (χ1) is 10.3. The number of carbonyl (C=O) groups is 1. The van der Waals surface area contributed by atoms with Crippen molar-refractivity contribution in [1.29, 1.82) is 0 Å². The van der Waals surface area contributed by atoms with E-state index < -0.39 is 0 Å². The fourth-order valence-electron chi connectivity index (χ4n) is 2.24. The second-order valence-electron chi connectivity index (χ2n) is 4.58. The smallest absolute Gasteiger partial charge is 0.338 e. The SMILES string of the molecule is C=CCOC(=O)c1cccc(-c2ccccc2)c1CC=C. The van der Waals surface area contributed by atoms with Crippen LogP contribution in [-0.4, -0.2) is 12.6 Å². The molecule has 0 aliphatic rings. The Kier molecular flexibility index (Phi) is 5.10. The van der Waals surface area contributed by atoms with E-state index in [0.29, 0.717) is 12.0 Å². The summed E-state index contributed by atoms with van der Waals surface area (Å²) in [5, 5.41) is 0. The quantitative estimate of drug-likeness (QED) is 0.577. The van der Waals surface area contributed by atoms with Crippen molar-refractivity contribution >= 4 is 5.97 Å². The molecule has 0 amide bonds. The van der Waals surface area contributed by atoms with Gasteiger partial charge in [0.1, 0.15) is 6.61 Å². The molecule has 0 heterocycles. The molecule has 2 aromatic carbocycles. The average Bonchev–Trinajstić information content (AvgIpc) is 2.54. The Bertz CT molecular complexity index is 642. The Hall–Kier alpha value is -2.61. The average molecular weight is 278 g/mol. The number of benzene rings is 2. The number of allylic oxidation sites excluding steroid dienone is 1. The molecule has 0 aromatic heterocycles. The van der Waals surface area contributed by atoms with Crippen LogP contribution in [0.25, 0.3) is 11.1 Å². The van der Waals surface area contributed by atoms with Crippen LogP contribution in [0.3, 0.4) is 0 Å². The van der Waals surface area contributed by atoms with E-state index in [9.17, 15) is 4.79 Å². The summed E-state index contributed by atoms with van der Waals surface area (Å²) >= 11 is 0. The Balaban J connectivity index is 2.49. The van der Waals surface area contributed by atoms with Crippen molar-refractivity contribution < 1.29 is 9.53 Å². The van der Waals surface area contributed by atoms with Crippen molar-refractivity contribution in [2.24, 2.45) is 0 Å². The molecular weight excluding hydrogens is 260 g/mol. The maximum Gasteiger partial charge on any atom is 0.338 e. The fourth-order valence-corrected chi connectivity index (χ4v) is 2.24. The Morgan fingerprint density at radius 1 is 1.00 bits per heavy atom. The molecule has 0 unspecified atom stereocenters. The van der Waals surface area contributed by atoms with Crippen LogP contribution < -0.4 is 0 Å². The van der Waals surface area contributed by atoms with E-state index in [0.717, 1.165) is 16.7 Å². The Morgan fingerprint density at radius 2 is 1.76 bits per heavy atom. The Morgan fingerprint density at radius 3 is 2.43 bits per heavy atom. The first-order valence-corrected chi connectivity index (χ1v) is 6.84.